The second-order valence-electron chi connectivity index (χ2n) is 15.9. The number of phosphoric acid groups is 1. The van der Waals surface area contributed by atoms with Gasteiger partial charge in [0.05, 0.1) is 19.8 Å². The third kappa shape index (κ3) is 46.7. The van der Waals surface area contributed by atoms with Crippen molar-refractivity contribution in [1.82, 2.24) is 0 Å². The van der Waals surface area contributed by atoms with Crippen molar-refractivity contribution in [2.45, 2.75) is 193 Å². The Morgan fingerprint density at radius 2 is 0.921 bits per heavy atom. The van der Waals surface area contributed by atoms with Gasteiger partial charge in [-0.15, -0.1) is 0 Å². The zero-order valence-electron chi connectivity index (χ0n) is 39.4. The first-order chi connectivity index (χ1) is 30.7. The number of allylic oxidation sites excluding steroid dienone is 16. The molecule has 11 heteroatoms. The summed E-state index contributed by atoms with van der Waals surface area (Å²) in [6.07, 6.45) is 61.7. The molecule has 0 radical (unpaired) electrons. The topological polar surface area (TPSA) is 155 Å². The van der Waals surface area contributed by atoms with E-state index < -0.39 is 45.1 Å². The first kappa shape index (κ1) is 59.9. The summed E-state index contributed by atoms with van der Waals surface area (Å²) >= 11 is 0. The van der Waals surface area contributed by atoms with E-state index in [4.69, 9.17) is 29.4 Å². The maximum Gasteiger partial charge on any atom is 0.472 e. The van der Waals surface area contributed by atoms with Crippen LogP contribution < -0.4 is 5.73 Å². The van der Waals surface area contributed by atoms with Crippen LogP contribution in [0, 0.1) is 0 Å². The van der Waals surface area contributed by atoms with Gasteiger partial charge in [-0.2, -0.15) is 0 Å². The summed E-state index contributed by atoms with van der Waals surface area (Å²) < 4.78 is 33.4. The highest BCUT2D eigenvalue weighted by atomic mass is 31.2. The van der Waals surface area contributed by atoms with E-state index in [1.165, 1.54) is 38.5 Å². The van der Waals surface area contributed by atoms with Crippen molar-refractivity contribution in [3.8, 4) is 0 Å². The summed E-state index contributed by atoms with van der Waals surface area (Å²) in [5, 5.41) is 8.92. The molecule has 360 valence electrons. The Morgan fingerprint density at radius 1 is 0.524 bits per heavy atom. The van der Waals surface area contributed by atoms with Crippen molar-refractivity contribution >= 4 is 19.8 Å². The van der Waals surface area contributed by atoms with Crippen molar-refractivity contribution < 1.29 is 42.7 Å². The molecule has 0 aliphatic carbocycles. The van der Waals surface area contributed by atoms with Crippen LogP contribution in [0.1, 0.15) is 181 Å². The second kappa shape index (κ2) is 46.9. The molecular formula is C52H88NO9P. The van der Waals surface area contributed by atoms with Gasteiger partial charge in [0.1, 0.15) is 12.1 Å². The zero-order chi connectivity index (χ0) is 46.2. The molecule has 0 aliphatic heterocycles. The highest BCUT2D eigenvalue weighted by Crippen LogP contribution is 2.43. The molecule has 0 heterocycles. The van der Waals surface area contributed by atoms with Crippen LogP contribution in [0.25, 0.3) is 0 Å². The molecule has 0 aliphatic rings. The van der Waals surface area contributed by atoms with E-state index in [1.54, 1.807) is 0 Å². The second-order valence-corrected chi connectivity index (χ2v) is 17.3. The van der Waals surface area contributed by atoms with E-state index in [0.717, 1.165) is 116 Å². The molecule has 3 unspecified atom stereocenters. The monoisotopic (exact) mass is 902 g/mol. The third-order valence-corrected chi connectivity index (χ3v) is 10.8. The van der Waals surface area contributed by atoms with E-state index in [-0.39, 0.29) is 13.0 Å². The Hall–Kier alpha value is -3.11. The molecule has 10 nitrogen and oxygen atoms in total. The summed E-state index contributed by atoms with van der Waals surface area (Å²) in [6.45, 7) is 3.68. The quantitative estimate of drug-likeness (QED) is 0.0233. The molecule has 63 heavy (non-hydrogen) atoms. The van der Waals surface area contributed by atoms with Gasteiger partial charge in [0.15, 0.2) is 0 Å². The molecule has 0 rings (SSSR count). The molecule has 0 fully saturated rings. The number of carbonyl (C=O) groups is 2. The summed E-state index contributed by atoms with van der Waals surface area (Å²) in [5.41, 5.74) is 5.37. The Morgan fingerprint density at radius 3 is 1.38 bits per heavy atom. The maximum atomic E-state index is 12.7. The van der Waals surface area contributed by atoms with Gasteiger partial charge in [-0.25, -0.2) is 4.57 Å². The molecule has 0 amide bonds. The Labute approximate surface area is 383 Å². The summed E-state index contributed by atoms with van der Waals surface area (Å²) in [4.78, 5) is 33.7. The number of carbonyl (C=O) groups excluding carboxylic acids is 1. The highest BCUT2D eigenvalue weighted by molar-refractivity contribution is 7.47. The number of rotatable bonds is 45. The van der Waals surface area contributed by atoms with Crippen molar-refractivity contribution in [1.29, 1.82) is 0 Å². The summed E-state index contributed by atoms with van der Waals surface area (Å²) in [6, 6.07) is -1.48. The minimum atomic E-state index is -4.64. The average Bonchev–Trinajstić information content (AvgIpc) is 3.26. The van der Waals surface area contributed by atoms with E-state index in [1.807, 2.05) is 0 Å². The molecule has 0 aromatic heterocycles. The molecule has 0 aromatic carbocycles. The van der Waals surface area contributed by atoms with Gasteiger partial charge in [-0.3, -0.25) is 18.6 Å². The number of carboxylic acid groups (broad SMARTS) is 1. The fourth-order valence-corrected chi connectivity index (χ4v) is 6.88. The van der Waals surface area contributed by atoms with Crippen molar-refractivity contribution in [2.75, 3.05) is 26.4 Å². The van der Waals surface area contributed by atoms with Crippen LogP contribution in [0.5, 0.6) is 0 Å². The molecule has 0 saturated heterocycles. The van der Waals surface area contributed by atoms with Crippen LogP contribution in [0.3, 0.4) is 0 Å². The lowest BCUT2D eigenvalue weighted by molar-refractivity contribution is -0.154. The summed E-state index contributed by atoms with van der Waals surface area (Å²) in [5.74, 6) is -1.81. The number of carboxylic acids is 1. The van der Waals surface area contributed by atoms with Gasteiger partial charge < -0.3 is 25.2 Å². The molecule has 4 N–H and O–H groups in total. The van der Waals surface area contributed by atoms with Gasteiger partial charge in [0.2, 0.25) is 0 Å². The number of ether oxygens (including phenoxy) is 2. The maximum absolute atomic E-state index is 12.7. The first-order valence-electron chi connectivity index (χ1n) is 24.3. The van der Waals surface area contributed by atoms with Crippen molar-refractivity contribution in [3.05, 3.63) is 97.2 Å². The lowest BCUT2D eigenvalue weighted by Crippen LogP contribution is -2.34. The van der Waals surface area contributed by atoms with Gasteiger partial charge in [0.25, 0.3) is 0 Å². The third-order valence-electron chi connectivity index (χ3n) is 9.85. The number of unbranched alkanes of at least 4 members (excludes halogenated alkanes) is 15. The average molecular weight is 902 g/mol. The number of aliphatic carboxylic acids is 1. The van der Waals surface area contributed by atoms with E-state index in [9.17, 15) is 19.0 Å². The van der Waals surface area contributed by atoms with Gasteiger partial charge in [-0.05, 0) is 96.3 Å². The van der Waals surface area contributed by atoms with E-state index in [2.05, 4.69) is 111 Å². The van der Waals surface area contributed by atoms with Gasteiger partial charge in [0, 0.05) is 13.0 Å². The SMILES string of the molecule is CC/C=C\C/C=C\C/C=C\C/C=C\C/C=C\CCCCCCCCOCC(COP(=O)(O)OCC(N)C(=O)O)OC(=O)CCCCCCCC/C=C\C/C=C\C/C=C\CCCCC. The standard InChI is InChI=1S/C52H88NO9P/c1-3-5-7-9-11-13-15-17-19-21-23-24-25-27-29-31-33-35-37-39-41-43-45-59-46-49(47-60-63(57,58)61-48-50(53)52(55)56)62-51(54)44-42-40-38-36-34-32-30-28-26-22-20-18-16-14-12-10-8-6-4-2/h5,7,11-14,17-20,23-24,26-29,49-50H,3-4,6,8-10,15-16,21-22,25,30-48,53H2,1-2H3,(H,55,56)(H,57,58)/b7-5-,13-11-,14-12-,19-17-,20-18-,24-23-,28-26-,29-27-. The molecule has 0 bridgehead atoms. The smallest absolute Gasteiger partial charge is 0.472 e. The number of hydrogen-bond acceptors (Lipinski definition) is 8. The molecule has 0 spiro atoms. The minimum Gasteiger partial charge on any atom is -0.480 e. The van der Waals surface area contributed by atoms with Gasteiger partial charge in [-0.1, -0.05) is 175 Å². The number of hydrogen-bond donors (Lipinski definition) is 3. The zero-order valence-corrected chi connectivity index (χ0v) is 40.3. The molecule has 0 aromatic rings. The normalized spacial score (nSPS) is 14.6. The minimum absolute atomic E-state index is 0.00506. The predicted octanol–water partition coefficient (Wildman–Crippen LogP) is 14.1. The predicted molar refractivity (Wildman–Crippen MR) is 263 cm³/mol. The fourth-order valence-electron chi connectivity index (χ4n) is 6.11. The van der Waals surface area contributed by atoms with Crippen LogP contribution >= 0.6 is 7.82 Å². The fraction of sp³-hybridized carbons (Fsp3) is 0.654. The van der Waals surface area contributed by atoms with Crippen LogP contribution in [-0.4, -0.2) is 60.5 Å². The van der Waals surface area contributed by atoms with E-state index in [0.29, 0.717) is 13.0 Å². The van der Waals surface area contributed by atoms with Crippen molar-refractivity contribution in [3.63, 3.8) is 0 Å². The Balaban J connectivity index is 4.27. The van der Waals surface area contributed by atoms with Gasteiger partial charge >= 0.3 is 19.8 Å². The number of nitrogens with two attached hydrogens (primary N) is 1. The highest BCUT2D eigenvalue weighted by Gasteiger charge is 2.27. The van der Waals surface area contributed by atoms with Crippen LogP contribution in [-0.2, 0) is 32.7 Å². The largest absolute Gasteiger partial charge is 0.480 e. The van der Waals surface area contributed by atoms with E-state index >= 15 is 0 Å². The first-order valence-corrected chi connectivity index (χ1v) is 25.8. The lowest BCUT2D eigenvalue weighted by atomic mass is 10.1. The van der Waals surface area contributed by atoms with Crippen LogP contribution in [0.4, 0.5) is 0 Å². The van der Waals surface area contributed by atoms with Crippen molar-refractivity contribution in [2.24, 2.45) is 5.73 Å². The van der Waals surface area contributed by atoms with Crippen LogP contribution in [0.15, 0.2) is 97.2 Å². The lowest BCUT2D eigenvalue weighted by Gasteiger charge is -2.20. The molecule has 3 atom stereocenters. The van der Waals surface area contributed by atoms with Crippen LogP contribution in [0.2, 0.25) is 0 Å². The molecular weight excluding hydrogens is 814 g/mol. The molecule has 0 saturated carbocycles. The Kier molecular flexibility index (Phi) is 44.6. The summed E-state index contributed by atoms with van der Waals surface area (Å²) in [7, 11) is -4.64. The number of phosphoric ester groups is 1. The number of esters is 1. The Bertz CT molecular complexity index is 1370.